The molecule has 0 amide bonds. The third-order valence-corrected chi connectivity index (χ3v) is 6.98. The smallest absolute Gasteiger partial charge is 0.218 e. The van der Waals surface area contributed by atoms with Crippen LogP contribution in [0.3, 0.4) is 0 Å². The number of rotatable bonds is 6. The van der Waals surface area contributed by atoms with Crippen molar-refractivity contribution in [3.8, 4) is 0 Å². The molecule has 0 bridgehead atoms. The minimum absolute atomic E-state index is 0.0814. The van der Waals surface area contributed by atoms with Crippen molar-refractivity contribution < 1.29 is 27.0 Å². The normalized spacial score (nSPS) is 24.3. The first-order chi connectivity index (χ1) is 7.83. The molecule has 1 saturated heterocycles. The Hall–Kier alpha value is -0.220. The maximum atomic E-state index is 12.0. The summed E-state index contributed by atoms with van der Waals surface area (Å²) >= 11 is 0. The molecule has 1 rings (SSSR count). The summed E-state index contributed by atoms with van der Waals surface area (Å²) in [4.78, 5) is 0. The van der Waals surface area contributed by atoms with Crippen LogP contribution in [0.5, 0.6) is 0 Å². The summed E-state index contributed by atoms with van der Waals surface area (Å²) in [5.41, 5.74) is 0. The van der Waals surface area contributed by atoms with Gasteiger partial charge in [0.05, 0.1) is 30.0 Å². The second-order valence-electron chi connectivity index (χ2n) is 3.92. The fourth-order valence-electron chi connectivity index (χ4n) is 1.80. The van der Waals surface area contributed by atoms with Gasteiger partial charge in [0, 0.05) is 13.1 Å². The van der Waals surface area contributed by atoms with E-state index < -0.39 is 25.1 Å². The third-order valence-electron chi connectivity index (χ3n) is 2.67. The molecule has 9 heteroatoms. The summed E-state index contributed by atoms with van der Waals surface area (Å²) < 4.78 is 47.5. The fraction of sp³-hybridized carbons (Fsp3) is 1.00. The van der Waals surface area contributed by atoms with Crippen LogP contribution in [-0.2, 0) is 19.9 Å². The van der Waals surface area contributed by atoms with Gasteiger partial charge in [-0.3, -0.25) is 0 Å². The Morgan fingerprint density at radius 3 is 2.06 bits per heavy atom. The zero-order chi connectivity index (χ0) is 13.1. The van der Waals surface area contributed by atoms with E-state index in [-0.39, 0.29) is 44.2 Å². The summed E-state index contributed by atoms with van der Waals surface area (Å²) in [6.45, 7) is -0.976. The monoisotopic (exact) mass is 287 g/mol. The van der Waals surface area contributed by atoms with Gasteiger partial charge in [-0.05, 0) is 6.42 Å². The number of sulfonamides is 1. The van der Waals surface area contributed by atoms with Crippen molar-refractivity contribution in [2.24, 2.45) is 0 Å². The highest BCUT2D eigenvalue weighted by molar-refractivity contribution is 7.95. The lowest BCUT2D eigenvalue weighted by atomic mass is 10.4. The van der Waals surface area contributed by atoms with E-state index >= 15 is 0 Å². The Morgan fingerprint density at radius 2 is 1.71 bits per heavy atom. The molecule has 1 aliphatic rings. The van der Waals surface area contributed by atoms with Gasteiger partial charge in [0.25, 0.3) is 0 Å². The lowest BCUT2D eigenvalue weighted by molar-refractivity contribution is 0.216. The van der Waals surface area contributed by atoms with Gasteiger partial charge in [0.1, 0.15) is 0 Å². The molecule has 0 spiro atoms. The predicted octanol–water partition coefficient (Wildman–Crippen LogP) is -2.21. The number of aliphatic hydroxyl groups excluding tert-OH is 2. The molecule has 1 heterocycles. The Balaban J connectivity index is 2.85. The van der Waals surface area contributed by atoms with Gasteiger partial charge >= 0.3 is 0 Å². The molecule has 2 N–H and O–H groups in total. The van der Waals surface area contributed by atoms with Crippen LogP contribution in [0.4, 0.5) is 0 Å². The molecule has 0 aromatic rings. The molecule has 0 unspecified atom stereocenters. The number of sulfone groups is 1. The van der Waals surface area contributed by atoms with Crippen LogP contribution >= 0.6 is 0 Å². The first kappa shape index (κ1) is 14.8. The maximum absolute atomic E-state index is 12.0. The average Bonchev–Trinajstić information content (AvgIpc) is 2.59. The Kier molecular flexibility index (Phi) is 4.90. The number of nitrogens with zero attached hydrogens (tertiary/aromatic N) is 1. The van der Waals surface area contributed by atoms with Crippen LogP contribution in [0, 0.1) is 0 Å². The van der Waals surface area contributed by atoms with Gasteiger partial charge in [0.15, 0.2) is 9.84 Å². The van der Waals surface area contributed by atoms with Crippen molar-refractivity contribution >= 4 is 19.9 Å². The van der Waals surface area contributed by atoms with Crippen molar-refractivity contribution in [2.45, 2.75) is 11.7 Å². The van der Waals surface area contributed by atoms with E-state index in [0.717, 1.165) is 4.31 Å². The molecule has 1 atom stereocenters. The molecule has 0 aromatic heterocycles. The molecule has 0 aliphatic carbocycles. The van der Waals surface area contributed by atoms with Crippen molar-refractivity contribution in [3.05, 3.63) is 0 Å². The molecular weight excluding hydrogens is 270 g/mol. The van der Waals surface area contributed by atoms with Crippen molar-refractivity contribution in [1.29, 1.82) is 0 Å². The average molecular weight is 287 g/mol. The second kappa shape index (κ2) is 5.61. The van der Waals surface area contributed by atoms with Gasteiger partial charge in [-0.25, -0.2) is 16.8 Å². The van der Waals surface area contributed by atoms with E-state index in [2.05, 4.69) is 0 Å². The molecule has 17 heavy (non-hydrogen) atoms. The van der Waals surface area contributed by atoms with E-state index in [1.54, 1.807) is 0 Å². The van der Waals surface area contributed by atoms with Crippen molar-refractivity contribution in [1.82, 2.24) is 4.31 Å². The molecule has 0 saturated carbocycles. The highest BCUT2D eigenvalue weighted by Crippen LogP contribution is 2.21. The SMILES string of the molecule is O=S1(=O)CC[C@@H](S(=O)(=O)N(CCO)CCO)C1. The quantitative estimate of drug-likeness (QED) is 0.573. The van der Waals surface area contributed by atoms with Crippen LogP contribution in [0.1, 0.15) is 6.42 Å². The summed E-state index contributed by atoms with van der Waals surface area (Å²) in [6, 6.07) is 0. The molecule has 7 nitrogen and oxygen atoms in total. The molecule has 0 aromatic carbocycles. The number of hydrogen-bond acceptors (Lipinski definition) is 6. The largest absolute Gasteiger partial charge is 0.395 e. The summed E-state index contributed by atoms with van der Waals surface area (Å²) in [6.07, 6.45) is 0.0814. The van der Waals surface area contributed by atoms with Crippen LogP contribution in [0.25, 0.3) is 0 Å². The minimum atomic E-state index is -3.76. The highest BCUT2D eigenvalue weighted by atomic mass is 32.2. The van der Waals surface area contributed by atoms with Crippen LogP contribution < -0.4 is 0 Å². The van der Waals surface area contributed by atoms with E-state index in [9.17, 15) is 16.8 Å². The van der Waals surface area contributed by atoms with E-state index in [1.165, 1.54) is 0 Å². The molecule has 0 radical (unpaired) electrons. The standard InChI is InChI=1S/C8H17NO6S2/c10-4-2-9(3-5-11)17(14,15)8-1-6-16(12,13)7-8/h8,10-11H,1-7H2/t8-/m1/s1. The Bertz CT molecular complexity index is 437. The van der Waals surface area contributed by atoms with Gasteiger partial charge in [-0.15, -0.1) is 0 Å². The van der Waals surface area contributed by atoms with Crippen LogP contribution in [-0.4, -0.2) is 74.4 Å². The van der Waals surface area contributed by atoms with E-state index in [0.29, 0.717) is 0 Å². The van der Waals surface area contributed by atoms with Gasteiger partial charge in [0.2, 0.25) is 10.0 Å². The summed E-state index contributed by atoms with van der Waals surface area (Å²) in [7, 11) is -7.03. The fourth-order valence-corrected chi connectivity index (χ4v) is 6.31. The van der Waals surface area contributed by atoms with Crippen molar-refractivity contribution in [2.75, 3.05) is 37.8 Å². The molecular formula is C8H17NO6S2. The third kappa shape index (κ3) is 3.62. The summed E-state index contributed by atoms with van der Waals surface area (Å²) in [5.74, 6) is -0.494. The highest BCUT2D eigenvalue weighted by Gasteiger charge is 2.40. The maximum Gasteiger partial charge on any atom is 0.218 e. The number of aliphatic hydroxyl groups is 2. The zero-order valence-electron chi connectivity index (χ0n) is 9.32. The van der Waals surface area contributed by atoms with Crippen molar-refractivity contribution in [3.63, 3.8) is 0 Å². The first-order valence-electron chi connectivity index (χ1n) is 5.24. The van der Waals surface area contributed by atoms with Crippen LogP contribution in [0.2, 0.25) is 0 Å². The first-order valence-corrected chi connectivity index (χ1v) is 8.57. The lowest BCUT2D eigenvalue weighted by Crippen LogP contribution is -2.42. The van der Waals surface area contributed by atoms with E-state index in [4.69, 9.17) is 10.2 Å². The van der Waals surface area contributed by atoms with Gasteiger partial charge in [-0.2, -0.15) is 4.31 Å². The van der Waals surface area contributed by atoms with Crippen LogP contribution in [0.15, 0.2) is 0 Å². The predicted molar refractivity (Wildman–Crippen MR) is 61.7 cm³/mol. The minimum Gasteiger partial charge on any atom is -0.395 e. The Labute approximate surface area is 101 Å². The van der Waals surface area contributed by atoms with E-state index in [1.807, 2.05) is 0 Å². The van der Waals surface area contributed by atoms with Gasteiger partial charge < -0.3 is 10.2 Å². The van der Waals surface area contributed by atoms with Gasteiger partial charge in [-0.1, -0.05) is 0 Å². The molecule has 1 aliphatic heterocycles. The zero-order valence-corrected chi connectivity index (χ0v) is 11.0. The molecule has 1 fully saturated rings. The topological polar surface area (TPSA) is 112 Å². The molecule has 102 valence electrons. The summed E-state index contributed by atoms with van der Waals surface area (Å²) in [5, 5.41) is 16.6. The second-order valence-corrected chi connectivity index (χ2v) is 8.36. The number of hydrogen-bond donors (Lipinski definition) is 2. The lowest BCUT2D eigenvalue weighted by Gasteiger charge is -2.23. The Morgan fingerprint density at radius 1 is 1.18 bits per heavy atom.